The second-order valence-electron chi connectivity index (χ2n) is 3.78. The summed E-state index contributed by atoms with van der Waals surface area (Å²) in [5, 5.41) is 7.37. The largest absolute Gasteiger partial charge is 0.462 e. The van der Waals surface area contributed by atoms with Gasteiger partial charge in [-0.15, -0.1) is 5.10 Å². The predicted molar refractivity (Wildman–Crippen MR) is 72.1 cm³/mol. The number of H-pyrrole nitrogens is 1. The molecule has 19 heavy (non-hydrogen) atoms. The van der Waals surface area contributed by atoms with Crippen LogP contribution in [0.4, 0.5) is 5.69 Å². The van der Waals surface area contributed by atoms with Crippen LogP contribution in [0.15, 0.2) is 28.3 Å². The standard InChI is InChI=1S/C12H14N4O2S/c1-3-18-11(17)8-4-5-10(9(13)6-8)19-12-14-7(2)15-16-12/h4-6H,3,13H2,1-2H3,(H,14,15,16). The summed E-state index contributed by atoms with van der Waals surface area (Å²) in [5.41, 5.74) is 6.85. The van der Waals surface area contributed by atoms with Crippen molar-refractivity contribution in [2.45, 2.75) is 23.9 Å². The van der Waals surface area contributed by atoms with E-state index in [1.54, 1.807) is 25.1 Å². The summed E-state index contributed by atoms with van der Waals surface area (Å²) in [4.78, 5) is 16.5. The van der Waals surface area contributed by atoms with E-state index in [-0.39, 0.29) is 5.97 Å². The Hall–Kier alpha value is -2.02. The number of hydrogen-bond donors (Lipinski definition) is 2. The van der Waals surface area contributed by atoms with Gasteiger partial charge in [-0.25, -0.2) is 9.78 Å². The molecule has 2 rings (SSSR count). The van der Waals surface area contributed by atoms with Gasteiger partial charge in [-0.05, 0) is 43.8 Å². The van der Waals surface area contributed by atoms with Crippen LogP contribution in [-0.4, -0.2) is 27.8 Å². The lowest BCUT2D eigenvalue weighted by molar-refractivity contribution is 0.0526. The number of aromatic amines is 1. The molecule has 0 unspecified atom stereocenters. The topological polar surface area (TPSA) is 93.9 Å². The van der Waals surface area contributed by atoms with E-state index in [1.807, 2.05) is 6.92 Å². The number of nitrogen functional groups attached to an aromatic ring is 1. The van der Waals surface area contributed by atoms with Crippen LogP contribution in [0.3, 0.4) is 0 Å². The molecule has 2 aromatic rings. The van der Waals surface area contributed by atoms with Gasteiger partial charge in [0, 0.05) is 10.6 Å². The highest BCUT2D eigenvalue weighted by Crippen LogP contribution is 2.30. The molecule has 0 radical (unpaired) electrons. The fourth-order valence-electron chi connectivity index (χ4n) is 1.45. The van der Waals surface area contributed by atoms with Crippen LogP contribution in [0.5, 0.6) is 0 Å². The highest BCUT2D eigenvalue weighted by atomic mass is 32.2. The van der Waals surface area contributed by atoms with Gasteiger partial charge in [-0.2, -0.15) is 0 Å². The predicted octanol–water partition coefficient (Wildman–Crippen LogP) is 2.02. The Morgan fingerprint density at radius 3 is 2.89 bits per heavy atom. The fourth-order valence-corrected chi connectivity index (χ4v) is 2.23. The number of rotatable bonds is 4. The molecule has 100 valence electrons. The van der Waals surface area contributed by atoms with E-state index in [0.717, 1.165) is 10.7 Å². The highest BCUT2D eigenvalue weighted by Gasteiger charge is 2.11. The number of hydrogen-bond acceptors (Lipinski definition) is 6. The van der Waals surface area contributed by atoms with Crippen LogP contribution < -0.4 is 5.73 Å². The zero-order valence-electron chi connectivity index (χ0n) is 10.6. The Balaban J connectivity index is 2.17. The maximum absolute atomic E-state index is 11.6. The first kappa shape index (κ1) is 13.4. The second-order valence-corrected chi connectivity index (χ2v) is 4.79. The maximum Gasteiger partial charge on any atom is 0.338 e. The Bertz CT molecular complexity index is 597. The van der Waals surface area contributed by atoms with E-state index in [4.69, 9.17) is 10.5 Å². The third kappa shape index (κ3) is 3.25. The molecule has 3 N–H and O–H groups in total. The molecule has 0 atom stereocenters. The first-order chi connectivity index (χ1) is 9.10. The Labute approximate surface area is 114 Å². The smallest absolute Gasteiger partial charge is 0.338 e. The molecule has 6 nitrogen and oxygen atoms in total. The van der Waals surface area contributed by atoms with Crippen LogP contribution in [0.25, 0.3) is 0 Å². The maximum atomic E-state index is 11.6. The number of aryl methyl sites for hydroxylation is 1. The number of ether oxygens (including phenoxy) is 1. The fraction of sp³-hybridized carbons (Fsp3) is 0.250. The Kier molecular flexibility index (Phi) is 4.06. The molecule has 0 fully saturated rings. The molecule has 0 aliphatic heterocycles. The minimum Gasteiger partial charge on any atom is -0.462 e. The van der Waals surface area contributed by atoms with Gasteiger partial charge in [0.1, 0.15) is 5.82 Å². The van der Waals surface area contributed by atoms with Crippen LogP contribution in [0.1, 0.15) is 23.1 Å². The van der Waals surface area contributed by atoms with E-state index in [0.29, 0.717) is 23.0 Å². The van der Waals surface area contributed by atoms with Crippen LogP contribution in [0.2, 0.25) is 0 Å². The van der Waals surface area contributed by atoms with Crippen molar-refractivity contribution in [3.05, 3.63) is 29.6 Å². The molecule has 1 aromatic carbocycles. The van der Waals surface area contributed by atoms with Crippen molar-refractivity contribution < 1.29 is 9.53 Å². The number of anilines is 1. The molecule has 1 heterocycles. The number of nitrogens with two attached hydrogens (primary N) is 1. The summed E-state index contributed by atoms with van der Waals surface area (Å²) in [6.07, 6.45) is 0. The van der Waals surface area contributed by atoms with E-state index in [1.165, 1.54) is 11.8 Å². The van der Waals surface area contributed by atoms with E-state index in [2.05, 4.69) is 15.2 Å². The minimum absolute atomic E-state index is 0.339. The SMILES string of the molecule is CCOC(=O)c1ccc(Sc2n[nH]c(C)n2)c(N)c1. The van der Waals surface area contributed by atoms with Gasteiger partial charge in [0.2, 0.25) is 5.16 Å². The molecular formula is C12H14N4O2S. The van der Waals surface area contributed by atoms with Crippen molar-refractivity contribution in [3.63, 3.8) is 0 Å². The molecule has 0 aliphatic carbocycles. The van der Waals surface area contributed by atoms with Crippen LogP contribution >= 0.6 is 11.8 Å². The lowest BCUT2D eigenvalue weighted by Crippen LogP contribution is -2.05. The number of esters is 1. The normalized spacial score (nSPS) is 10.4. The van der Waals surface area contributed by atoms with Gasteiger partial charge in [-0.3, -0.25) is 5.10 Å². The molecule has 0 amide bonds. The Morgan fingerprint density at radius 2 is 2.32 bits per heavy atom. The zero-order chi connectivity index (χ0) is 13.8. The van der Waals surface area contributed by atoms with Gasteiger partial charge >= 0.3 is 5.97 Å². The van der Waals surface area contributed by atoms with Crippen LogP contribution in [0, 0.1) is 6.92 Å². The third-order valence-corrected chi connectivity index (χ3v) is 3.26. The van der Waals surface area contributed by atoms with Gasteiger partial charge in [-0.1, -0.05) is 0 Å². The number of aromatic nitrogens is 3. The minimum atomic E-state index is -0.375. The summed E-state index contributed by atoms with van der Waals surface area (Å²) in [6.45, 7) is 3.92. The second kappa shape index (κ2) is 5.75. The van der Waals surface area contributed by atoms with Crippen molar-refractivity contribution in [3.8, 4) is 0 Å². The number of nitrogens with zero attached hydrogens (tertiary/aromatic N) is 2. The van der Waals surface area contributed by atoms with Crippen molar-refractivity contribution >= 4 is 23.4 Å². The Morgan fingerprint density at radius 1 is 1.53 bits per heavy atom. The summed E-state index contributed by atoms with van der Waals surface area (Å²) < 4.78 is 4.91. The zero-order valence-corrected chi connectivity index (χ0v) is 11.5. The third-order valence-electron chi connectivity index (χ3n) is 2.30. The molecule has 0 saturated carbocycles. The number of nitrogens with one attached hydrogen (secondary N) is 1. The first-order valence-electron chi connectivity index (χ1n) is 5.73. The van der Waals surface area contributed by atoms with Gasteiger partial charge in [0.05, 0.1) is 12.2 Å². The number of benzene rings is 1. The summed E-state index contributed by atoms with van der Waals surface area (Å²) in [5.74, 6) is 0.365. The van der Waals surface area contributed by atoms with E-state index in [9.17, 15) is 4.79 Å². The van der Waals surface area contributed by atoms with Crippen molar-refractivity contribution in [1.29, 1.82) is 0 Å². The molecule has 0 bridgehead atoms. The number of carbonyl (C=O) groups is 1. The van der Waals surface area contributed by atoms with Crippen molar-refractivity contribution in [2.75, 3.05) is 12.3 Å². The molecule has 1 aromatic heterocycles. The number of carbonyl (C=O) groups excluding carboxylic acids is 1. The van der Waals surface area contributed by atoms with Gasteiger partial charge in [0.15, 0.2) is 0 Å². The summed E-state index contributed by atoms with van der Waals surface area (Å²) in [7, 11) is 0. The molecule has 7 heteroatoms. The molecular weight excluding hydrogens is 264 g/mol. The van der Waals surface area contributed by atoms with Gasteiger partial charge < -0.3 is 10.5 Å². The first-order valence-corrected chi connectivity index (χ1v) is 6.55. The molecule has 0 saturated heterocycles. The summed E-state index contributed by atoms with van der Waals surface area (Å²) in [6, 6.07) is 5.04. The van der Waals surface area contributed by atoms with E-state index >= 15 is 0 Å². The van der Waals surface area contributed by atoms with Crippen LogP contribution in [-0.2, 0) is 4.74 Å². The van der Waals surface area contributed by atoms with E-state index < -0.39 is 0 Å². The quantitative estimate of drug-likeness (QED) is 0.656. The summed E-state index contributed by atoms with van der Waals surface area (Å²) >= 11 is 1.34. The van der Waals surface area contributed by atoms with Gasteiger partial charge in [0.25, 0.3) is 0 Å². The average Bonchev–Trinajstić information content (AvgIpc) is 2.78. The highest BCUT2D eigenvalue weighted by molar-refractivity contribution is 7.99. The monoisotopic (exact) mass is 278 g/mol. The molecule has 0 spiro atoms. The average molecular weight is 278 g/mol. The molecule has 0 aliphatic rings. The van der Waals surface area contributed by atoms with Crippen molar-refractivity contribution in [2.24, 2.45) is 0 Å². The lowest BCUT2D eigenvalue weighted by Gasteiger charge is -2.06. The lowest BCUT2D eigenvalue weighted by atomic mass is 10.2. The van der Waals surface area contributed by atoms with Crippen molar-refractivity contribution in [1.82, 2.24) is 15.2 Å².